The highest BCUT2D eigenvalue weighted by Crippen LogP contribution is 2.34. The van der Waals surface area contributed by atoms with E-state index in [1.165, 1.54) is 95.5 Å². The lowest BCUT2D eigenvalue weighted by Crippen LogP contribution is -2.15. The van der Waals surface area contributed by atoms with E-state index in [0.717, 1.165) is 28.5 Å². The minimum absolute atomic E-state index is 0.938. The lowest BCUT2D eigenvalue weighted by atomic mass is 9.77. The zero-order valence-corrected chi connectivity index (χ0v) is 21.0. The second-order valence-electron chi connectivity index (χ2n) is 10.1. The zero-order valence-electron chi connectivity index (χ0n) is 21.0. The summed E-state index contributed by atoms with van der Waals surface area (Å²) in [6, 6.07) is 17.1. The summed E-state index contributed by atoms with van der Waals surface area (Å²) in [6.45, 7) is 6.10. The van der Waals surface area contributed by atoms with Crippen LogP contribution in [-0.2, 0) is 6.42 Å². The summed E-state index contributed by atoms with van der Waals surface area (Å²) in [4.78, 5) is 0. The summed E-state index contributed by atoms with van der Waals surface area (Å²) >= 11 is 0. The average molecular weight is 441 g/mol. The van der Waals surface area contributed by atoms with Crippen LogP contribution in [0.5, 0.6) is 0 Å². The monoisotopic (exact) mass is 440 g/mol. The molecule has 1 fully saturated rings. The van der Waals surface area contributed by atoms with E-state index in [2.05, 4.69) is 73.9 Å². The van der Waals surface area contributed by atoms with Crippen molar-refractivity contribution in [3.63, 3.8) is 0 Å². The molecule has 0 bridgehead atoms. The van der Waals surface area contributed by atoms with Crippen molar-refractivity contribution < 1.29 is 0 Å². The molecule has 1 aliphatic carbocycles. The van der Waals surface area contributed by atoms with Crippen LogP contribution in [0.2, 0.25) is 0 Å². The Bertz CT molecular complexity index is 851. The van der Waals surface area contributed by atoms with Gasteiger partial charge in [-0.15, -0.1) is 0 Å². The quantitative estimate of drug-likeness (QED) is 0.228. The molecule has 0 aliphatic heterocycles. The van der Waals surface area contributed by atoms with E-state index in [9.17, 15) is 0 Å². The van der Waals surface area contributed by atoms with Gasteiger partial charge >= 0.3 is 0 Å². The Morgan fingerprint density at radius 1 is 0.697 bits per heavy atom. The lowest BCUT2D eigenvalue weighted by molar-refractivity contribution is 0.248. The van der Waals surface area contributed by atoms with Gasteiger partial charge in [0.25, 0.3) is 0 Å². The van der Waals surface area contributed by atoms with E-state index in [4.69, 9.17) is 0 Å². The van der Waals surface area contributed by atoms with Gasteiger partial charge in [0.2, 0.25) is 0 Å². The SMILES string of the molecule is C=Cc1ccc(C#Cc2ccc(CCC3CCC(CCCCCCCCC)CC3)cc2)cc1. The van der Waals surface area contributed by atoms with E-state index in [0.29, 0.717) is 0 Å². The fourth-order valence-corrected chi connectivity index (χ4v) is 5.17. The second kappa shape index (κ2) is 14.8. The minimum Gasteiger partial charge on any atom is -0.0985 e. The summed E-state index contributed by atoms with van der Waals surface area (Å²) in [5.74, 6) is 8.51. The maximum absolute atomic E-state index is 3.80. The fraction of sp³-hybridized carbons (Fsp3) is 0.515. The molecule has 0 spiro atoms. The number of aryl methyl sites for hydroxylation is 1. The van der Waals surface area contributed by atoms with E-state index in [-0.39, 0.29) is 0 Å². The van der Waals surface area contributed by atoms with Crippen LogP contribution >= 0.6 is 0 Å². The third-order valence-corrected chi connectivity index (χ3v) is 7.48. The summed E-state index contributed by atoms with van der Waals surface area (Å²) < 4.78 is 0. The lowest BCUT2D eigenvalue weighted by Gasteiger charge is -2.28. The van der Waals surface area contributed by atoms with E-state index in [1.54, 1.807) is 0 Å². The molecule has 0 radical (unpaired) electrons. The zero-order chi connectivity index (χ0) is 23.1. The molecule has 0 aromatic heterocycles. The largest absolute Gasteiger partial charge is 0.0985 e. The summed E-state index contributed by atoms with van der Waals surface area (Å²) in [7, 11) is 0. The molecular formula is C33H44. The molecular weight excluding hydrogens is 396 g/mol. The first-order valence-electron chi connectivity index (χ1n) is 13.6. The van der Waals surface area contributed by atoms with Gasteiger partial charge in [0.05, 0.1) is 0 Å². The fourth-order valence-electron chi connectivity index (χ4n) is 5.17. The summed E-state index contributed by atoms with van der Waals surface area (Å²) in [5, 5.41) is 0. The number of hydrogen-bond acceptors (Lipinski definition) is 0. The molecule has 0 heterocycles. The standard InChI is InChI=1S/C33H44/c1-3-5-6-7-8-9-10-11-29-16-18-31(19-17-29)22-23-33-26-24-32(25-27-33)21-20-30-14-12-28(4-2)13-15-30/h4,12-15,24-27,29,31H,2-3,5-11,16-19,22-23H2,1H3. The molecule has 0 unspecified atom stereocenters. The summed E-state index contributed by atoms with van der Waals surface area (Å²) in [5.41, 5.74) is 4.73. The Morgan fingerprint density at radius 2 is 1.21 bits per heavy atom. The highest BCUT2D eigenvalue weighted by Gasteiger charge is 2.20. The van der Waals surface area contributed by atoms with Crippen molar-refractivity contribution in [2.24, 2.45) is 11.8 Å². The first-order valence-corrected chi connectivity index (χ1v) is 13.6. The van der Waals surface area contributed by atoms with Crippen LogP contribution < -0.4 is 0 Å². The highest BCUT2D eigenvalue weighted by molar-refractivity contribution is 5.50. The molecule has 3 rings (SSSR count). The van der Waals surface area contributed by atoms with Crippen LogP contribution in [-0.4, -0.2) is 0 Å². The van der Waals surface area contributed by atoms with Crippen molar-refractivity contribution in [2.45, 2.75) is 96.8 Å². The van der Waals surface area contributed by atoms with Crippen molar-refractivity contribution in [1.82, 2.24) is 0 Å². The van der Waals surface area contributed by atoms with Crippen LogP contribution in [0.15, 0.2) is 55.1 Å². The molecule has 1 aliphatic rings. The van der Waals surface area contributed by atoms with Crippen molar-refractivity contribution in [2.75, 3.05) is 0 Å². The summed E-state index contributed by atoms with van der Waals surface area (Å²) in [6.07, 6.45) is 21.8. The molecule has 0 atom stereocenters. The predicted molar refractivity (Wildman–Crippen MR) is 145 cm³/mol. The molecule has 1 saturated carbocycles. The number of unbranched alkanes of at least 4 members (excludes halogenated alkanes) is 6. The molecule has 2 aromatic carbocycles. The van der Waals surface area contributed by atoms with Gasteiger partial charge in [0.15, 0.2) is 0 Å². The van der Waals surface area contributed by atoms with E-state index in [1.807, 2.05) is 6.08 Å². The van der Waals surface area contributed by atoms with Crippen molar-refractivity contribution in [3.8, 4) is 11.8 Å². The van der Waals surface area contributed by atoms with Crippen LogP contribution in [0.3, 0.4) is 0 Å². The molecule has 2 aromatic rings. The second-order valence-corrected chi connectivity index (χ2v) is 10.1. The van der Waals surface area contributed by atoms with Gasteiger partial charge in [-0.1, -0.05) is 133 Å². The molecule has 0 heteroatoms. The maximum atomic E-state index is 3.80. The Kier molecular flexibility index (Phi) is 11.4. The average Bonchev–Trinajstić information content (AvgIpc) is 2.87. The Balaban J connectivity index is 1.31. The number of hydrogen-bond donors (Lipinski definition) is 0. The Labute approximate surface area is 203 Å². The van der Waals surface area contributed by atoms with Gasteiger partial charge in [-0.2, -0.15) is 0 Å². The predicted octanol–water partition coefficient (Wildman–Crippen LogP) is 9.61. The molecule has 176 valence electrons. The van der Waals surface area contributed by atoms with E-state index < -0.39 is 0 Å². The van der Waals surface area contributed by atoms with Crippen LogP contribution in [0.4, 0.5) is 0 Å². The van der Waals surface area contributed by atoms with Gasteiger partial charge in [0.1, 0.15) is 0 Å². The molecule has 0 N–H and O–H groups in total. The minimum atomic E-state index is 0.938. The van der Waals surface area contributed by atoms with Crippen molar-refractivity contribution in [3.05, 3.63) is 77.4 Å². The number of rotatable bonds is 12. The van der Waals surface area contributed by atoms with Gasteiger partial charge in [-0.3, -0.25) is 0 Å². The van der Waals surface area contributed by atoms with Crippen molar-refractivity contribution in [1.29, 1.82) is 0 Å². The van der Waals surface area contributed by atoms with Gasteiger partial charge in [0, 0.05) is 11.1 Å². The topological polar surface area (TPSA) is 0 Å². The van der Waals surface area contributed by atoms with Crippen LogP contribution in [0.25, 0.3) is 6.08 Å². The highest BCUT2D eigenvalue weighted by atomic mass is 14.3. The maximum Gasteiger partial charge on any atom is 0.0249 e. The molecule has 0 amide bonds. The smallest absolute Gasteiger partial charge is 0.0249 e. The van der Waals surface area contributed by atoms with Gasteiger partial charge in [-0.25, -0.2) is 0 Å². The first-order chi connectivity index (χ1) is 16.3. The van der Waals surface area contributed by atoms with Gasteiger partial charge < -0.3 is 0 Å². The molecule has 0 saturated heterocycles. The third kappa shape index (κ3) is 9.63. The normalized spacial score (nSPS) is 17.8. The Hall–Kier alpha value is -2.26. The van der Waals surface area contributed by atoms with Crippen LogP contribution in [0.1, 0.15) is 113 Å². The Morgan fingerprint density at radius 3 is 1.79 bits per heavy atom. The van der Waals surface area contributed by atoms with Crippen molar-refractivity contribution >= 4 is 6.08 Å². The molecule has 33 heavy (non-hydrogen) atoms. The third-order valence-electron chi connectivity index (χ3n) is 7.48. The van der Waals surface area contributed by atoms with Crippen LogP contribution in [0, 0.1) is 23.7 Å². The first kappa shape index (κ1) is 25.4. The van der Waals surface area contributed by atoms with Gasteiger partial charge in [-0.05, 0) is 60.1 Å². The molecule has 0 nitrogen and oxygen atoms in total. The van der Waals surface area contributed by atoms with E-state index >= 15 is 0 Å². The number of benzene rings is 2.